The van der Waals surface area contributed by atoms with Crippen molar-refractivity contribution in [2.24, 2.45) is 0 Å². The highest BCUT2D eigenvalue weighted by Crippen LogP contribution is 2.29. The van der Waals surface area contributed by atoms with Crippen LogP contribution in [0.4, 0.5) is 8.78 Å². The molecule has 0 fully saturated rings. The molecule has 0 saturated carbocycles. The number of nitrogens with one attached hydrogen (secondary N) is 1. The second-order valence-electron chi connectivity index (χ2n) is 4.71. The van der Waals surface area contributed by atoms with E-state index in [1.807, 2.05) is 6.92 Å². The molecule has 0 spiro atoms. The van der Waals surface area contributed by atoms with E-state index in [-0.39, 0.29) is 17.5 Å². The Morgan fingerprint density at radius 1 is 1.33 bits per heavy atom. The molecule has 0 radical (unpaired) electrons. The lowest BCUT2D eigenvalue weighted by Gasteiger charge is -2.15. The van der Waals surface area contributed by atoms with E-state index in [4.69, 9.17) is 4.74 Å². The van der Waals surface area contributed by atoms with Crippen LogP contribution in [-0.4, -0.2) is 36.0 Å². The van der Waals surface area contributed by atoms with Crippen LogP contribution in [0.3, 0.4) is 0 Å². The second kappa shape index (κ2) is 8.94. The molecule has 1 aromatic carbocycles. The SMILES string of the molecule is COc1ccc(CNC(C)CCS(C)=O)cc1OC(F)F. The third-order valence-electron chi connectivity index (χ3n) is 2.94. The Hall–Kier alpha value is -1.21. The van der Waals surface area contributed by atoms with E-state index in [0.29, 0.717) is 12.3 Å². The number of hydrogen-bond acceptors (Lipinski definition) is 4. The molecule has 0 saturated heterocycles. The molecule has 1 N–H and O–H groups in total. The van der Waals surface area contributed by atoms with Crippen molar-refractivity contribution < 1.29 is 22.5 Å². The minimum Gasteiger partial charge on any atom is -0.493 e. The van der Waals surface area contributed by atoms with Gasteiger partial charge in [0.25, 0.3) is 0 Å². The van der Waals surface area contributed by atoms with Gasteiger partial charge in [-0.25, -0.2) is 0 Å². The fourth-order valence-electron chi connectivity index (χ4n) is 1.76. The van der Waals surface area contributed by atoms with E-state index in [1.54, 1.807) is 18.4 Å². The van der Waals surface area contributed by atoms with Gasteiger partial charge in [0.2, 0.25) is 0 Å². The van der Waals surface area contributed by atoms with E-state index in [0.717, 1.165) is 12.0 Å². The smallest absolute Gasteiger partial charge is 0.387 e. The van der Waals surface area contributed by atoms with Crippen molar-refractivity contribution in [3.8, 4) is 11.5 Å². The van der Waals surface area contributed by atoms with Crippen LogP contribution in [0.15, 0.2) is 18.2 Å². The van der Waals surface area contributed by atoms with Gasteiger partial charge < -0.3 is 14.8 Å². The zero-order chi connectivity index (χ0) is 15.8. The molecule has 4 nitrogen and oxygen atoms in total. The van der Waals surface area contributed by atoms with Crippen LogP contribution >= 0.6 is 0 Å². The Morgan fingerprint density at radius 2 is 2.05 bits per heavy atom. The monoisotopic (exact) mass is 321 g/mol. The molecular weight excluding hydrogens is 300 g/mol. The summed E-state index contributed by atoms with van der Waals surface area (Å²) < 4.78 is 45.1. The van der Waals surface area contributed by atoms with Crippen LogP contribution in [-0.2, 0) is 17.3 Å². The topological polar surface area (TPSA) is 47.6 Å². The molecule has 21 heavy (non-hydrogen) atoms. The van der Waals surface area contributed by atoms with Crippen molar-refractivity contribution in [3.63, 3.8) is 0 Å². The first-order valence-electron chi connectivity index (χ1n) is 6.57. The van der Waals surface area contributed by atoms with Crippen LogP contribution < -0.4 is 14.8 Å². The summed E-state index contributed by atoms with van der Waals surface area (Å²) in [7, 11) is 0.592. The van der Waals surface area contributed by atoms with Crippen molar-refractivity contribution in [1.82, 2.24) is 5.32 Å². The number of ether oxygens (including phenoxy) is 2. The number of hydrogen-bond donors (Lipinski definition) is 1. The number of benzene rings is 1. The van der Waals surface area contributed by atoms with E-state index >= 15 is 0 Å². The summed E-state index contributed by atoms with van der Waals surface area (Å²) in [4.78, 5) is 0. The van der Waals surface area contributed by atoms with E-state index in [1.165, 1.54) is 13.2 Å². The lowest BCUT2D eigenvalue weighted by Crippen LogP contribution is -2.27. The van der Waals surface area contributed by atoms with Gasteiger partial charge in [-0.15, -0.1) is 0 Å². The quantitative estimate of drug-likeness (QED) is 0.759. The zero-order valence-electron chi connectivity index (χ0n) is 12.4. The summed E-state index contributed by atoms with van der Waals surface area (Å²) in [5.41, 5.74) is 0.816. The number of methoxy groups -OCH3 is 1. The molecule has 0 aliphatic heterocycles. The highest BCUT2D eigenvalue weighted by Gasteiger charge is 2.11. The Balaban J connectivity index is 2.60. The molecule has 2 unspecified atom stereocenters. The summed E-state index contributed by atoms with van der Waals surface area (Å²) in [6.07, 6.45) is 2.46. The number of alkyl halides is 2. The maximum absolute atomic E-state index is 12.3. The van der Waals surface area contributed by atoms with Crippen molar-refractivity contribution in [2.45, 2.75) is 32.5 Å². The van der Waals surface area contributed by atoms with Crippen LogP contribution in [0.5, 0.6) is 11.5 Å². The van der Waals surface area contributed by atoms with Gasteiger partial charge in [0.1, 0.15) is 0 Å². The molecule has 0 aromatic heterocycles. The average molecular weight is 321 g/mol. The van der Waals surface area contributed by atoms with Gasteiger partial charge in [0.15, 0.2) is 11.5 Å². The summed E-state index contributed by atoms with van der Waals surface area (Å²) in [5.74, 6) is 0.930. The predicted octanol–water partition coefficient (Wildman–Crippen LogP) is 2.54. The second-order valence-corrected chi connectivity index (χ2v) is 6.27. The molecule has 0 aliphatic carbocycles. The van der Waals surface area contributed by atoms with Crippen molar-refractivity contribution in [1.29, 1.82) is 0 Å². The molecule has 1 aromatic rings. The Bertz CT molecular complexity index is 472. The van der Waals surface area contributed by atoms with Crippen molar-refractivity contribution in [3.05, 3.63) is 23.8 Å². The summed E-state index contributed by atoms with van der Waals surface area (Å²) in [6, 6.07) is 5.10. The summed E-state index contributed by atoms with van der Waals surface area (Å²) >= 11 is 0. The first-order chi connectivity index (χ1) is 9.92. The Morgan fingerprint density at radius 3 is 2.62 bits per heavy atom. The predicted molar refractivity (Wildman–Crippen MR) is 79.5 cm³/mol. The lowest BCUT2D eigenvalue weighted by atomic mass is 10.1. The van der Waals surface area contributed by atoms with Gasteiger partial charge in [-0.3, -0.25) is 4.21 Å². The first-order valence-corrected chi connectivity index (χ1v) is 8.30. The maximum Gasteiger partial charge on any atom is 0.387 e. The van der Waals surface area contributed by atoms with Gasteiger partial charge in [0.05, 0.1) is 7.11 Å². The van der Waals surface area contributed by atoms with Gasteiger partial charge in [-0.2, -0.15) is 8.78 Å². The minimum atomic E-state index is -2.89. The average Bonchev–Trinajstić information content (AvgIpc) is 2.42. The van der Waals surface area contributed by atoms with Crippen molar-refractivity contribution in [2.75, 3.05) is 19.1 Å². The largest absolute Gasteiger partial charge is 0.493 e. The van der Waals surface area contributed by atoms with Gasteiger partial charge in [0, 0.05) is 35.4 Å². The molecule has 2 atom stereocenters. The van der Waals surface area contributed by atoms with Crippen LogP contribution in [0.25, 0.3) is 0 Å². The third kappa shape index (κ3) is 6.86. The summed E-state index contributed by atoms with van der Waals surface area (Å²) in [5, 5.41) is 3.25. The maximum atomic E-state index is 12.3. The Labute approximate surface area is 126 Å². The normalized spacial score (nSPS) is 14.0. The van der Waals surface area contributed by atoms with Crippen LogP contribution in [0.2, 0.25) is 0 Å². The van der Waals surface area contributed by atoms with Gasteiger partial charge in [-0.05, 0) is 31.0 Å². The first kappa shape index (κ1) is 17.8. The fraction of sp³-hybridized carbons (Fsp3) is 0.571. The molecule has 1 rings (SSSR count). The molecule has 7 heteroatoms. The van der Waals surface area contributed by atoms with E-state index in [2.05, 4.69) is 10.1 Å². The zero-order valence-corrected chi connectivity index (χ0v) is 13.2. The number of halogens is 2. The highest BCUT2D eigenvalue weighted by atomic mass is 32.2. The van der Waals surface area contributed by atoms with Gasteiger partial charge in [-0.1, -0.05) is 6.07 Å². The Kier molecular flexibility index (Phi) is 7.60. The fourth-order valence-corrected chi connectivity index (χ4v) is 2.44. The molecule has 0 bridgehead atoms. The van der Waals surface area contributed by atoms with Crippen molar-refractivity contribution >= 4 is 10.8 Å². The van der Waals surface area contributed by atoms with E-state index in [9.17, 15) is 13.0 Å². The number of rotatable bonds is 9. The van der Waals surface area contributed by atoms with Crippen LogP contribution in [0, 0.1) is 0 Å². The lowest BCUT2D eigenvalue weighted by molar-refractivity contribution is -0.0512. The highest BCUT2D eigenvalue weighted by molar-refractivity contribution is 7.84. The molecule has 120 valence electrons. The third-order valence-corrected chi connectivity index (χ3v) is 3.75. The molecular formula is C14H21F2NO3S. The molecule has 0 amide bonds. The standard InChI is InChI=1S/C14H21F2NO3S/c1-10(6-7-21(3)18)17-9-11-4-5-12(19-2)13(8-11)20-14(15)16/h4-5,8,10,14,17H,6-7,9H2,1-3H3. The van der Waals surface area contributed by atoms with Gasteiger partial charge >= 0.3 is 6.61 Å². The minimum absolute atomic E-state index is 0.0223. The summed E-state index contributed by atoms with van der Waals surface area (Å²) in [6.45, 7) is -0.380. The van der Waals surface area contributed by atoms with Crippen LogP contribution in [0.1, 0.15) is 18.9 Å². The van der Waals surface area contributed by atoms with E-state index < -0.39 is 17.4 Å². The molecule has 0 aliphatic rings. The molecule has 0 heterocycles.